The SMILES string of the molecule is CN(C(=O)c1ncc(C#Cc2cccc(F)c2)cc1F)C(C)(C)C.Cc1cc(C#Cc2cc(F)ccc2F)cnc1C(=O)N(C)C(C)(C)C.Cc1cc(C#Cc2ccc(F)cc2)cnc1C(=O)N(C)C(C)(C)C.Cc1cc(C#Cc2cccc(F)c2)cnc1C(=O)N(C)C(C)(C)C.Cc1cc(C#Cc2cncc(Cl)c2)cnc1C(=O)N(C)C(C)(C)C. The van der Waals surface area contributed by atoms with Gasteiger partial charge in [-0.15, -0.1) is 0 Å². The van der Waals surface area contributed by atoms with Crippen LogP contribution in [-0.4, -0.2) is 147 Å². The molecule has 0 atom stereocenters. The molecule has 0 saturated heterocycles. The van der Waals surface area contributed by atoms with Gasteiger partial charge in [0.2, 0.25) is 0 Å². The highest BCUT2D eigenvalue weighted by Gasteiger charge is 2.31. The third-order valence-electron chi connectivity index (χ3n) is 18.6. The van der Waals surface area contributed by atoms with Crippen molar-refractivity contribution in [2.45, 2.75) is 159 Å². The monoisotopic (exact) mass is 1660 g/mol. The molecule has 0 bridgehead atoms. The van der Waals surface area contributed by atoms with Crippen molar-refractivity contribution < 1.29 is 50.3 Å². The van der Waals surface area contributed by atoms with Gasteiger partial charge in [0.15, 0.2) is 11.5 Å². The fraction of sp³-hybridized carbons (Fsp3) is 0.296. The van der Waals surface area contributed by atoms with E-state index in [0.29, 0.717) is 66.7 Å². The van der Waals surface area contributed by atoms with E-state index in [1.807, 2.05) is 143 Å². The maximum Gasteiger partial charge on any atom is 0.275 e. The lowest BCUT2D eigenvalue weighted by Gasteiger charge is -2.32. The van der Waals surface area contributed by atoms with Gasteiger partial charge in [-0.3, -0.25) is 29.0 Å². The van der Waals surface area contributed by atoms with Crippen LogP contribution >= 0.6 is 11.6 Å². The number of benzene rings is 4. The molecule has 626 valence electrons. The molecular formula is C98H100ClF6N11O5. The molecule has 10 aromatic rings. The van der Waals surface area contributed by atoms with E-state index in [1.165, 1.54) is 53.7 Å². The molecular weight excluding hydrogens is 1560 g/mol. The fourth-order valence-electron chi connectivity index (χ4n) is 9.91. The molecule has 5 amide bonds. The molecule has 0 spiro atoms. The first kappa shape index (κ1) is 96.6. The average molecular weight is 1660 g/mol. The minimum Gasteiger partial charge on any atom is -0.336 e. The number of hydrogen-bond donors (Lipinski definition) is 0. The van der Waals surface area contributed by atoms with Gasteiger partial charge in [-0.05, 0) is 269 Å². The summed E-state index contributed by atoms with van der Waals surface area (Å²) in [6, 6.07) is 31.2. The Bertz CT molecular complexity index is 5490. The first-order valence-electron chi connectivity index (χ1n) is 38.2. The molecule has 0 aliphatic carbocycles. The van der Waals surface area contributed by atoms with Gasteiger partial charge in [0.05, 0.1) is 10.6 Å². The fourth-order valence-corrected chi connectivity index (χ4v) is 10.1. The molecule has 121 heavy (non-hydrogen) atoms. The Morgan fingerprint density at radius 1 is 0.281 bits per heavy atom. The minimum absolute atomic E-state index is 0.0229. The van der Waals surface area contributed by atoms with E-state index < -0.39 is 34.7 Å². The lowest BCUT2D eigenvalue weighted by atomic mass is 10.0. The van der Waals surface area contributed by atoms with E-state index in [9.17, 15) is 50.3 Å². The quantitative estimate of drug-likeness (QED) is 0.118. The number of aryl methyl sites for hydroxylation is 4. The predicted octanol–water partition coefficient (Wildman–Crippen LogP) is 18.9. The summed E-state index contributed by atoms with van der Waals surface area (Å²) < 4.78 is 80.1. The summed E-state index contributed by atoms with van der Waals surface area (Å²) in [7, 11) is 8.64. The van der Waals surface area contributed by atoms with E-state index in [4.69, 9.17) is 11.6 Å². The highest BCUT2D eigenvalue weighted by Crippen LogP contribution is 2.24. The lowest BCUT2D eigenvalue weighted by molar-refractivity contribution is 0.0636. The molecule has 0 aliphatic heterocycles. The Kier molecular flexibility index (Phi) is 33.5. The van der Waals surface area contributed by atoms with Crippen LogP contribution in [0.2, 0.25) is 5.02 Å². The third kappa shape index (κ3) is 29.4. The largest absolute Gasteiger partial charge is 0.336 e. The van der Waals surface area contributed by atoms with Gasteiger partial charge in [-0.2, -0.15) is 0 Å². The van der Waals surface area contributed by atoms with Gasteiger partial charge >= 0.3 is 0 Å². The smallest absolute Gasteiger partial charge is 0.275 e. The molecule has 0 saturated carbocycles. The van der Waals surface area contributed by atoms with Gasteiger partial charge in [0.25, 0.3) is 29.5 Å². The first-order chi connectivity index (χ1) is 56.3. The number of pyridine rings is 6. The van der Waals surface area contributed by atoms with Crippen LogP contribution in [0.5, 0.6) is 0 Å². The zero-order chi connectivity index (χ0) is 90.4. The van der Waals surface area contributed by atoms with Crippen LogP contribution < -0.4 is 0 Å². The van der Waals surface area contributed by atoms with Gasteiger partial charge in [0, 0.05) is 156 Å². The highest BCUT2D eigenvalue weighted by molar-refractivity contribution is 6.30. The van der Waals surface area contributed by atoms with Crippen molar-refractivity contribution in [3.8, 4) is 59.2 Å². The average Bonchev–Trinajstić information content (AvgIpc) is 0.837. The van der Waals surface area contributed by atoms with E-state index >= 15 is 0 Å². The summed E-state index contributed by atoms with van der Waals surface area (Å²) in [5.74, 6) is 24.7. The maximum absolute atomic E-state index is 14.2. The summed E-state index contributed by atoms with van der Waals surface area (Å²) in [5.41, 5.74) is 8.32. The molecule has 0 aliphatic rings. The Labute approximate surface area is 712 Å². The van der Waals surface area contributed by atoms with Crippen molar-refractivity contribution >= 4 is 41.1 Å². The molecule has 10 rings (SSSR count). The summed E-state index contributed by atoms with van der Waals surface area (Å²) in [5, 5.41) is 0.544. The van der Waals surface area contributed by atoms with E-state index in [1.54, 1.807) is 141 Å². The van der Waals surface area contributed by atoms with Gasteiger partial charge in [0.1, 0.15) is 51.9 Å². The van der Waals surface area contributed by atoms with Crippen molar-refractivity contribution in [2.75, 3.05) is 35.2 Å². The predicted molar refractivity (Wildman–Crippen MR) is 464 cm³/mol. The molecule has 16 nitrogen and oxygen atoms in total. The number of nitrogens with zero attached hydrogens (tertiary/aromatic N) is 11. The Hall–Kier alpha value is -13.2. The van der Waals surface area contributed by atoms with Crippen LogP contribution in [0.25, 0.3) is 0 Å². The Balaban J connectivity index is 0.000000234. The lowest BCUT2D eigenvalue weighted by Crippen LogP contribution is -2.43. The Morgan fingerprint density at radius 3 is 0.860 bits per heavy atom. The second kappa shape index (κ2) is 42.0. The van der Waals surface area contributed by atoms with Crippen molar-refractivity contribution in [1.82, 2.24) is 54.4 Å². The number of aromatic nitrogens is 6. The molecule has 0 fully saturated rings. The zero-order valence-corrected chi connectivity index (χ0v) is 73.5. The number of carbonyl (C=O) groups is 5. The summed E-state index contributed by atoms with van der Waals surface area (Å²) in [4.78, 5) is 95.4. The van der Waals surface area contributed by atoms with Crippen LogP contribution in [0.3, 0.4) is 0 Å². The molecule has 6 aromatic heterocycles. The minimum atomic E-state index is -0.734. The number of hydrogen-bond acceptors (Lipinski definition) is 11. The van der Waals surface area contributed by atoms with Gasteiger partial charge in [-0.25, -0.2) is 51.3 Å². The molecule has 0 radical (unpaired) electrons. The zero-order valence-electron chi connectivity index (χ0n) is 72.8. The van der Waals surface area contributed by atoms with Crippen molar-refractivity contribution in [3.63, 3.8) is 0 Å². The summed E-state index contributed by atoms with van der Waals surface area (Å²) >= 11 is 5.89. The van der Waals surface area contributed by atoms with Gasteiger partial charge < -0.3 is 24.5 Å². The topological polar surface area (TPSA) is 179 Å². The van der Waals surface area contributed by atoms with Crippen LogP contribution in [0, 0.1) is 122 Å². The number of halogens is 7. The summed E-state index contributed by atoms with van der Waals surface area (Å²) in [6.45, 7) is 36.5. The Morgan fingerprint density at radius 2 is 0.554 bits per heavy atom. The first-order valence-corrected chi connectivity index (χ1v) is 38.6. The van der Waals surface area contributed by atoms with E-state index in [0.717, 1.165) is 57.6 Å². The molecule has 0 N–H and O–H groups in total. The van der Waals surface area contributed by atoms with Crippen molar-refractivity contribution in [1.29, 1.82) is 0 Å². The van der Waals surface area contributed by atoms with Crippen LogP contribution in [0.1, 0.15) is 234 Å². The third-order valence-corrected chi connectivity index (χ3v) is 18.8. The maximum atomic E-state index is 14.2. The van der Waals surface area contributed by atoms with Crippen molar-refractivity contribution in [2.24, 2.45) is 0 Å². The van der Waals surface area contributed by atoms with Crippen LogP contribution in [0.15, 0.2) is 171 Å². The standard InChI is InChI=1S/C20H20F2N2O.2C20H21FN2O.C19H20ClN3O.C19H18F2N2O/c1-13-10-14(6-7-15-11-16(21)8-9-17(15)22)12-23-18(13)19(25)24(5)20(2,3)4;1-14-12-16(7-6-15-8-10-17(21)11-9-15)13-22-18(14)19(24)23(5)20(2,3)4;1-14-11-16(10-9-15-7-6-8-17(21)12-15)13-22-18(14)19(24)23(5)20(2,3)4;1-13-8-14(6-7-15-9-16(20)12-21-10-15)11-22-17(13)18(24)23(5)19(2,3)4;1-19(2,3)23(4)18(24)17-16(21)11-14(12-22-17)9-8-13-6-5-7-15(20)10-13/h8-12H,1-5H3;8-13H,1-5H3;6-8,11-13H,1-5H3;8-12H,1-5H3;5-7,10-12H,1-4H3. The highest BCUT2D eigenvalue weighted by atomic mass is 35.5. The number of carbonyl (C=O) groups excluding carboxylic acids is 5. The number of amides is 5. The molecule has 4 aromatic carbocycles. The van der Waals surface area contributed by atoms with E-state index in [2.05, 4.69) is 89.1 Å². The second-order valence-electron chi connectivity index (χ2n) is 33.1. The van der Waals surface area contributed by atoms with Gasteiger partial charge in [-0.1, -0.05) is 82.9 Å². The summed E-state index contributed by atoms with van der Waals surface area (Å²) in [6.07, 6.45) is 10.8. The van der Waals surface area contributed by atoms with E-state index in [-0.39, 0.29) is 68.7 Å². The molecule has 23 heteroatoms. The normalized spacial score (nSPS) is 10.8. The van der Waals surface area contributed by atoms with Crippen LogP contribution in [-0.2, 0) is 0 Å². The number of rotatable bonds is 5. The van der Waals surface area contributed by atoms with Crippen molar-refractivity contribution in [3.05, 3.63) is 317 Å². The molecule has 0 unspecified atom stereocenters. The molecule has 6 heterocycles. The van der Waals surface area contributed by atoms with Crippen LogP contribution in [0.4, 0.5) is 26.3 Å². The second-order valence-corrected chi connectivity index (χ2v) is 33.5.